The van der Waals surface area contributed by atoms with Crippen LogP contribution in [0.3, 0.4) is 0 Å². The Bertz CT molecular complexity index is 248. The first kappa shape index (κ1) is 12.3. The van der Waals surface area contributed by atoms with Crippen molar-refractivity contribution in [3.05, 3.63) is 0 Å². The first-order chi connectivity index (χ1) is 7.50. The third kappa shape index (κ3) is 2.01. The Morgan fingerprint density at radius 2 is 2.12 bits per heavy atom. The summed E-state index contributed by atoms with van der Waals surface area (Å²) in [5.41, 5.74) is -0.755. The summed E-state index contributed by atoms with van der Waals surface area (Å²) in [7, 11) is 0. The van der Waals surface area contributed by atoms with Gasteiger partial charge in [0.15, 0.2) is 0 Å². The highest BCUT2D eigenvalue weighted by atomic mass is 16.6. The third-order valence-corrected chi connectivity index (χ3v) is 4.51. The fourth-order valence-electron chi connectivity index (χ4n) is 2.99. The van der Waals surface area contributed by atoms with Crippen molar-refractivity contribution in [2.45, 2.75) is 76.3 Å². The first-order valence-corrected chi connectivity index (χ1v) is 6.52. The fourth-order valence-corrected chi connectivity index (χ4v) is 2.99. The molecule has 2 saturated heterocycles. The van der Waals surface area contributed by atoms with Crippen molar-refractivity contribution in [2.75, 3.05) is 6.61 Å². The molecule has 0 saturated carbocycles. The summed E-state index contributed by atoms with van der Waals surface area (Å²) in [4.78, 5) is 0. The van der Waals surface area contributed by atoms with Crippen molar-refractivity contribution in [2.24, 2.45) is 0 Å². The Balaban J connectivity index is 2.02. The molecule has 94 valence electrons. The van der Waals surface area contributed by atoms with Crippen LogP contribution in [0.25, 0.3) is 0 Å². The van der Waals surface area contributed by atoms with Crippen LogP contribution in [0.4, 0.5) is 0 Å². The molecule has 3 heteroatoms. The van der Waals surface area contributed by atoms with Crippen molar-refractivity contribution in [1.82, 2.24) is 0 Å². The Labute approximate surface area is 98.1 Å². The summed E-state index contributed by atoms with van der Waals surface area (Å²) < 4.78 is 11.8. The number of hydrogen-bond acceptors (Lipinski definition) is 3. The van der Waals surface area contributed by atoms with E-state index in [2.05, 4.69) is 6.92 Å². The summed E-state index contributed by atoms with van der Waals surface area (Å²) >= 11 is 0. The van der Waals surface area contributed by atoms with E-state index in [1.807, 2.05) is 13.8 Å². The zero-order valence-corrected chi connectivity index (χ0v) is 10.7. The highest BCUT2D eigenvalue weighted by molar-refractivity contribution is 4.97. The van der Waals surface area contributed by atoms with E-state index in [1.54, 1.807) is 0 Å². The van der Waals surface area contributed by atoms with Gasteiger partial charge >= 0.3 is 0 Å². The molecule has 0 amide bonds. The SMILES string of the molecule is CC[C@@]1(O)CC[C@H]([C@]2(C)CCCO2)O[C@H]1C. The molecule has 2 rings (SSSR count). The van der Waals surface area contributed by atoms with Crippen LogP contribution in [-0.2, 0) is 9.47 Å². The van der Waals surface area contributed by atoms with Crippen molar-refractivity contribution in [3.63, 3.8) is 0 Å². The van der Waals surface area contributed by atoms with Gasteiger partial charge in [-0.2, -0.15) is 0 Å². The van der Waals surface area contributed by atoms with E-state index < -0.39 is 5.60 Å². The second-order valence-corrected chi connectivity index (χ2v) is 5.53. The van der Waals surface area contributed by atoms with Gasteiger partial charge in [-0.05, 0) is 46.0 Å². The van der Waals surface area contributed by atoms with Crippen LogP contribution in [0.5, 0.6) is 0 Å². The lowest BCUT2D eigenvalue weighted by atomic mass is 9.81. The summed E-state index contributed by atoms with van der Waals surface area (Å²) in [6.45, 7) is 7.00. The smallest absolute Gasteiger partial charge is 0.0915 e. The van der Waals surface area contributed by atoms with E-state index in [9.17, 15) is 5.11 Å². The average Bonchev–Trinajstić information content (AvgIpc) is 2.70. The second-order valence-electron chi connectivity index (χ2n) is 5.53. The Hall–Kier alpha value is -0.120. The Morgan fingerprint density at radius 3 is 2.62 bits per heavy atom. The monoisotopic (exact) mass is 228 g/mol. The van der Waals surface area contributed by atoms with Crippen molar-refractivity contribution >= 4 is 0 Å². The number of aliphatic hydroxyl groups is 1. The van der Waals surface area contributed by atoms with Gasteiger partial charge in [-0.15, -0.1) is 0 Å². The van der Waals surface area contributed by atoms with Gasteiger partial charge in [0.1, 0.15) is 0 Å². The summed E-state index contributed by atoms with van der Waals surface area (Å²) in [6.07, 6.45) is 4.77. The van der Waals surface area contributed by atoms with E-state index in [0.717, 1.165) is 38.7 Å². The van der Waals surface area contributed by atoms with Crippen LogP contribution in [0.1, 0.15) is 52.9 Å². The third-order valence-electron chi connectivity index (χ3n) is 4.51. The maximum atomic E-state index is 10.3. The molecule has 0 spiro atoms. The molecule has 2 aliphatic rings. The Morgan fingerprint density at radius 1 is 1.38 bits per heavy atom. The number of rotatable bonds is 2. The lowest BCUT2D eigenvalue weighted by molar-refractivity contribution is -0.215. The molecule has 1 N–H and O–H groups in total. The zero-order valence-electron chi connectivity index (χ0n) is 10.7. The van der Waals surface area contributed by atoms with Crippen LogP contribution in [0, 0.1) is 0 Å². The minimum absolute atomic E-state index is 0.0859. The summed E-state index contributed by atoms with van der Waals surface area (Å²) in [6, 6.07) is 0. The molecule has 0 bridgehead atoms. The summed E-state index contributed by atoms with van der Waals surface area (Å²) in [5.74, 6) is 0. The van der Waals surface area contributed by atoms with E-state index in [-0.39, 0.29) is 17.8 Å². The highest BCUT2D eigenvalue weighted by Gasteiger charge is 2.47. The Kier molecular flexibility index (Phi) is 3.30. The lowest BCUT2D eigenvalue weighted by Gasteiger charge is -2.45. The van der Waals surface area contributed by atoms with Crippen LogP contribution in [0.15, 0.2) is 0 Å². The normalized spacial score (nSPS) is 49.5. The molecule has 0 radical (unpaired) electrons. The van der Waals surface area contributed by atoms with Crippen molar-refractivity contribution in [1.29, 1.82) is 0 Å². The van der Waals surface area contributed by atoms with Crippen molar-refractivity contribution in [3.8, 4) is 0 Å². The topological polar surface area (TPSA) is 38.7 Å². The molecule has 0 aliphatic carbocycles. The second kappa shape index (κ2) is 4.28. The predicted octanol–water partition coefficient (Wildman–Crippen LogP) is 2.26. The molecule has 0 aromatic carbocycles. The van der Waals surface area contributed by atoms with Crippen LogP contribution in [0.2, 0.25) is 0 Å². The quantitative estimate of drug-likeness (QED) is 0.788. The largest absolute Gasteiger partial charge is 0.387 e. The standard InChI is InChI=1S/C13H24O3/c1-4-13(14)8-6-11(16-10(13)2)12(3)7-5-9-15-12/h10-11,14H,4-9H2,1-3H3/t10-,11+,12-,13+/m0/s1. The van der Waals surface area contributed by atoms with Gasteiger partial charge in [-0.3, -0.25) is 0 Å². The maximum Gasteiger partial charge on any atom is 0.0915 e. The van der Waals surface area contributed by atoms with Crippen LogP contribution < -0.4 is 0 Å². The molecule has 2 heterocycles. The summed E-state index contributed by atoms with van der Waals surface area (Å²) in [5, 5.41) is 10.3. The van der Waals surface area contributed by atoms with Crippen LogP contribution >= 0.6 is 0 Å². The molecule has 2 fully saturated rings. The van der Waals surface area contributed by atoms with Crippen molar-refractivity contribution < 1.29 is 14.6 Å². The average molecular weight is 228 g/mol. The fraction of sp³-hybridized carbons (Fsp3) is 1.00. The van der Waals surface area contributed by atoms with Gasteiger partial charge in [-0.25, -0.2) is 0 Å². The minimum atomic E-state index is -0.633. The highest BCUT2D eigenvalue weighted by Crippen LogP contribution is 2.40. The van der Waals surface area contributed by atoms with Gasteiger partial charge in [0.2, 0.25) is 0 Å². The molecule has 16 heavy (non-hydrogen) atoms. The van der Waals surface area contributed by atoms with Crippen LogP contribution in [-0.4, -0.2) is 35.1 Å². The van der Waals surface area contributed by atoms with E-state index in [0.29, 0.717) is 0 Å². The lowest BCUT2D eigenvalue weighted by Crippen LogP contribution is -2.54. The minimum Gasteiger partial charge on any atom is -0.387 e. The van der Waals surface area contributed by atoms with Gasteiger partial charge in [0.25, 0.3) is 0 Å². The molecule has 0 unspecified atom stereocenters. The molecular weight excluding hydrogens is 204 g/mol. The molecule has 0 aromatic rings. The molecule has 2 aliphatic heterocycles. The molecule has 3 nitrogen and oxygen atoms in total. The molecule has 0 aromatic heterocycles. The van der Waals surface area contributed by atoms with E-state index >= 15 is 0 Å². The zero-order chi connectivity index (χ0) is 11.8. The van der Waals surface area contributed by atoms with Gasteiger partial charge in [0, 0.05) is 6.61 Å². The van der Waals surface area contributed by atoms with Gasteiger partial charge < -0.3 is 14.6 Å². The maximum absolute atomic E-state index is 10.3. The van der Waals surface area contributed by atoms with Gasteiger partial charge in [0.05, 0.1) is 23.4 Å². The number of hydrogen-bond donors (Lipinski definition) is 1. The molecular formula is C13H24O3. The van der Waals surface area contributed by atoms with Gasteiger partial charge in [-0.1, -0.05) is 6.92 Å². The first-order valence-electron chi connectivity index (χ1n) is 6.52. The van der Waals surface area contributed by atoms with E-state index in [1.165, 1.54) is 0 Å². The van der Waals surface area contributed by atoms with E-state index in [4.69, 9.17) is 9.47 Å². The molecule has 4 atom stereocenters. The predicted molar refractivity (Wildman–Crippen MR) is 62.4 cm³/mol. The number of ether oxygens (including phenoxy) is 2.